The van der Waals surface area contributed by atoms with E-state index in [4.69, 9.17) is 37.0 Å². The second-order valence-corrected chi connectivity index (χ2v) is 33.3. The van der Waals surface area contributed by atoms with E-state index in [0.29, 0.717) is 31.6 Å². The molecular weight excluding hydrogens is 1330 g/mol. The van der Waals surface area contributed by atoms with Gasteiger partial charge in [0.2, 0.25) is 0 Å². The van der Waals surface area contributed by atoms with E-state index >= 15 is 0 Å². The Morgan fingerprint density at radius 2 is 0.578 bits per heavy atom. The Labute approximate surface area is 624 Å². The number of phosphoric acid groups is 2. The second-order valence-electron chi connectivity index (χ2n) is 30.4. The number of carbonyl (C=O) groups is 4. The van der Waals surface area contributed by atoms with Crippen LogP contribution in [0, 0.1) is 17.8 Å². The monoisotopic (exact) mass is 1490 g/mol. The van der Waals surface area contributed by atoms with Gasteiger partial charge in [-0.1, -0.05) is 355 Å². The highest BCUT2D eigenvalue weighted by atomic mass is 31.2. The SMILES string of the molecule is CCCCCC/C=C\C=C/CCCCCCCC(=O)OC[C@H](COP(=O)(O)OCC(O)COP(=O)(O)OC[C@@H](COC(=O)CCCCCCCCCC(C)C)OC(=O)CCCCCCCCCCCCCCCCC(C)CC)OC(=O)CCCCCCCCCCCCCCCCCCC(C)C. The Morgan fingerprint density at radius 3 is 0.873 bits per heavy atom. The van der Waals surface area contributed by atoms with Gasteiger partial charge >= 0.3 is 39.5 Å². The van der Waals surface area contributed by atoms with Crippen LogP contribution in [-0.4, -0.2) is 96.7 Å². The lowest BCUT2D eigenvalue weighted by atomic mass is 9.99. The zero-order chi connectivity index (χ0) is 75.1. The Morgan fingerprint density at radius 1 is 0.324 bits per heavy atom. The molecule has 17 nitrogen and oxygen atoms in total. The lowest BCUT2D eigenvalue weighted by Crippen LogP contribution is -2.30. The summed E-state index contributed by atoms with van der Waals surface area (Å²) >= 11 is 0. The van der Waals surface area contributed by atoms with Gasteiger partial charge in [0.25, 0.3) is 0 Å². The molecule has 0 radical (unpaired) electrons. The number of carbonyl (C=O) groups excluding carboxylic acids is 4. The van der Waals surface area contributed by atoms with Crippen molar-refractivity contribution in [3.8, 4) is 0 Å². The predicted octanol–water partition coefficient (Wildman–Crippen LogP) is 24.5. The van der Waals surface area contributed by atoms with Gasteiger partial charge < -0.3 is 33.8 Å². The van der Waals surface area contributed by atoms with E-state index in [-0.39, 0.29) is 25.7 Å². The van der Waals surface area contributed by atoms with E-state index in [9.17, 15) is 43.2 Å². The first-order valence-electron chi connectivity index (χ1n) is 42.2. The fraction of sp³-hybridized carbons (Fsp3) is 0.904. The second kappa shape index (κ2) is 72.7. The number of aliphatic hydroxyl groups excluding tert-OH is 1. The van der Waals surface area contributed by atoms with Gasteiger partial charge in [-0.25, -0.2) is 9.13 Å². The molecule has 0 saturated carbocycles. The minimum atomic E-state index is -4.97. The molecule has 0 aromatic rings. The van der Waals surface area contributed by atoms with Crippen LogP contribution in [0.4, 0.5) is 0 Å². The van der Waals surface area contributed by atoms with Gasteiger partial charge in [-0.3, -0.25) is 37.3 Å². The largest absolute Gasteiger partial charge is 0.472 e. The zero-order valence-corrected chi connectivity index (χ0v) is 68.4. The summed E-state index contributed by atoms with van der Waals surface area (Å²) in [6, 6.07) is 0. The maximum absolute atomic E-state index is 13.1. The standard InChI is InChI=1S/C83H158O17P2/c1-8-10-11-12-13-14-15-16-19-26-31-36-43-50-57-64-80(85)93-70-78(99-82(87)66-59-52-44-37-32-27-21-18-17-20-24-29-34-40-47-54-61-74(3)4)72-97-101(89,90)95-68-77(84)69-96-102(91,92)98-73-79(71-94-81(86)65-58-51-46-39-41-48-55-62-75(5)6)100-83(88)67-60-53-45-38-33-28-23-22-25-30-35-42-49-56-63-76(7)9-2/h14-16,19,74-79,84H,8-13,17-18,20-73H2,1-7H3,(H,89,90)(H,91,92)/b15-14-,19-16-/t76?,77?,78-,79-/m1/s1. The maximum Gasteiger partial charge on any atom is 0.472 e. The van der Waals surface area contributed by atoms with Crippen LogP contribution in [0.5, 0.6) is 0 Å². The first kappa shape index (κ1) is 99.5. The normalized spacial score (nSPS) is 14.4. The molecule has 602 valence electrons. The van der Waals surface area contributed by atoms with E-state index in [1.807, 2.05) is 0 Å². The Balaban J connectivity index is 5.27. The number of aliphatic hydroxyl groups is 1. The summed E-state index contributed by atoms with van der Waals surface area (Å²) in [5.41, 5.74) is 0. The van der Waals surface area contributed by atoms with Gasteiger partial charge in [-0.15, -0.1) is 0 Å². The number of hydrogen-bond acceptors (Lipinski definition) is 15. The summed E-state index contributed by atoms with van der Waals surface area (Å²) in [7, 11) is -9.94. The molecule has 0 bridgehead atoms. The number of rotatable bonds is 79. The van der Waals surface area contributed by atoms with Crippen LogP contribution in [0.15, 0.2) is 24.3 Å². The number of esters is 4. The molecule has 0 rings (SSSR count). The number of phosphoric ester groups is 2. The summed E-state index contributed by atoms with van der Waals surface area (Å²) in [6.07, 6.45) is 64.6. The first-order chi connectivity index (χ1) is 49.3. The Kier molecular flexibility index (Phi) is 71.0. The molecular formula is C83H158O17P2. The maximum atomic E-state index is 13.1. The van der Waals surface area contributed by atoms with E-state index in [1.165, 1.54) is 193 Å². The Hall–Kier alpha value is -2.46. The molecule has 19 heteroatoms. The van der Waals surface area contributed by atoms with Crippen molar-refractivity contribution in [2.75, 3.05) is 39.6 Å². The number of allylic oxidation sites excluding steroid dienone is 4. The third kappa shape index (κ3) is 74.4. The van der Waals surface area contributed by atoms with E-state index in [1.54, 1.807) is 0 Å². The fourth-order valence-corrected chi connectivity index (χ4v) is 13.8. The van der Waals surface area contributed by atoms with Gasteiger partial charge in [-0.05, 0) is 69.1 Å². The zero-order valence-electron chi connectivity index (χ0n) is 66.6. The van der Waals surface area contributed by atoms with Gasteiger partial charge in [0.15, 0.2) is 12.2 Å². The van der Waals surface area contributed by atoms with E-state index in [2.05, 4.69) is 72.8 Å². The quantitative estimate of drug-likeness (QED) is 0.0169. The topological polar surface area (TPSA) is 237 Å². The molecule has 0 amide bonds. The fourth-order valence-electron chi connectivity index (χ4n) is 12.3. The third-order valence-corrected chi connectivity index (χ3v) is 21.0. The summed E-state index contributed by atoms with van der Waals surface area (Å²) in [6.45, 7) is 11.9. The van der Waals surface area contributed by atoms with Crippen LogP contribution in [-0.2, 0) is 65.4 Å². The highest BCUT2D eigenvalue weighted by Gasteiger charge is 2.30. The van der Waals surface area contributed by atoms with Crippen LogP contribution in [0.3, 0.4) is 0 Å². The number of hydrogen-bond donors (Lipinski definition) is 3. The van der Waals surface area contributed by atoms with Crippen molar-refractivity contribution in [1.29, 1.82) is 0 Å². The molecule has 0 fully saturated rings. The van der Waals surface area contributed by atoms with Crippen molar-refractivity contribution < 1.29 is 80.2 Å². The highest BCUT2D eigenvalue weighted by Crippen LogP contribution is 2.45. The van der Waals surface area contributed by atoms with Crippen molar-refractivity contribution in [2.24, 2.45) is 17.8 Å². The smallest absolute Gasteiger partial charge is 0.462 e. The number of ether oxygens (including phenoxy) is 4. The van der Waals surface area contributed by atoms with Crippen LogP contribution >= 0.6 is 15.6 Å². The average Bonchev–Trinajstić information content (AvgIpc) is 0.941. The van der Waals surface area contributed by atoms with Gasteiger partial charge in [0.1, 0.15) is 19.3 Å². The average molecular weight is 1490 g/mol. The minimum Gasteiger partial charge on any atom is -0.462 e. The summed E-state index contributed by atoms with van der Waals surface area (Å²) in [4.78, 5) is 73.1. The van der Waals surface area contributed by atoms with Crippen LogP contribution < -0.4 is 0 Å². The van der Waals surface area contributed by atoms with Crippen molar-refractivity contribution in [3.63, 3.8) is 0 Å². The molecule has 0 spiro atoms. The molecule has 0 aliphatic heterocycles. The predicted molar refractivity (Wildman–Crippen MR) is 418 cm³/mol. The minimum absolute atomic E-state index is 0.101. The lowest BCUT2D eigenvalue weighted by molar-refractivity contribution is -0.161. The van der Waals surface area contributed by atoms with Crippen molar-refractivity contribution in [2.45, 2.75) is 426 Å². The highest BCUT2D eigenvalue weighted by molar-refractivity contribution is 7.47. The Bertz CT molecular complexity index is 2070. The van der Waals surface area contributed by atoms with Crippen molar-refractivity contribution in [1.82, 2.24) is 0 Å². The first-order valence-corrected chi connectivity index (χ1v) is 45.2. The van der Waals surface area contributed by atoms with Gasteiger partial charge in [0, 0.05) is 25.7 Å². The van der Waals surface area contributed by atoms with Crippen molar-refractivity contribution >= 4 is 39.5 Å². The van der Waals surface area contributed by atoms with Crippen molar-refractivity contribution in [3.05, 3.63) is 24.3 Å². The van der Waals surface area contributed by atoms with E-state index in [0.717, 1.165) is 127 Å². The van der Waals surface area contributed by atoms with Gasteiger partial charge in [-0.2, -0.15) is 0 Å². The molecule has 0 aromatic heterocycles. The molecule has 0 heterocycles. The molecule has 102 heavy (non-hydrogen) atoms. The van der Waals surface area contributed by atoms with Gasteiger partial charge in [0.05, 0.1) is 26.4 Å². The van der Waals surface area contributed by atoms with E-state index < -0.39 is 97.5 Å². The molecule has 0 aromatic carbocycles. The van der Waals surface area contributed by atoms with Crippen LogP contribution in [0.25, 0.3) is 0 Å². The molecule has 0 aliphatic carbocycles. The summed E-state index contributed by atoms with van der Waals surface area (Å²) in [5.74, 6) is 0.216. The molecule has 0 aliphatic rings. The molecule has 0 saturated heterocycles. The lowest BCUT2D eigenvalue weighted by Gasteiger charge is -2.21. The number of unbranched alkanes of at least 4 members (excludes halogenated alkanes) is 43. The van der Waals surface area contributed by atoms with Crippen LogP contribution in [0.1, 0.15) is 408 Å². The summed E-state index contributed by atoms with van der Waals surface area (Å²) in [5, 5.41) is 10.6. The summed E-state index contributed by atoms with van der Waals surface area (Å²) < 4.78 is 68.7. The molecule has 6 atom stereocenters. The molecule has 3 N–H and O–H groups in total. The third-order valence-electron chi connectivity index (χ3n) is 19.1. The molecule has 4 unspecified atom stereocenters. The van der Waals surface area contributed by atoms with Crippen LogP contribution in [0.2, 0.25) is 0 Å².